The molecule has 1 N–H and O–H groups in total. The molecule has 130 valence electrons. The lowest BCUT2D eigenvalue weighted by molar-refractivity contribution is 0.0785. The first-order valence-electron chi connectivity index (χ1n) is 7.83. The van der Waals surface area contributed by atoms with Crippen molar-refractivity contribution in [1.82, 2.24) is 45.1 Å². The number of nitrogens with zero attached hydrogens (tertiary/aromatic N) is 8. The van der Waals surface area contributed by atoms with Crippen LogP contribution < -0.4 is 0 Å². The molecule has 0 aliphatic carbocycles. The van der Waals surface area contributed by atoms with Crippen LogP contribution in [0.1, 0.15) is 15.9 Å². The SMILES string of the molecule is CN(Cc1cccc(-n2cccn2)c1)C(=O)c1cn[nH]c1-n1cnnn1. The fourth-order valence-corrected chi connectivity index (χ4v) is 2.64. The summed E-state index contributed by atoms with van der Waals surface area (Å²) in [6, 6.07) is 9.73. The number of carbonyl (C=O) groups excluding carboxylic acids is 1. The van der Waals surface area contributed by atoms with Crippen molar-refractivity contribution >= 4 is 5.91 Å². The first kappa shape index (κ1) is 15.7. The summed E-state index contributed by atoms with van der Waals surface area (Å²) in [5.74, 6) is 0.242. The summed E-state index contributed by atoms with van der Waals surface area (Å²) in [5, 5.41) is 21.9. The van der Waals surface area contributed by atoms with Gasteiger partial charge in [0.05, 0.1) is 11.9 Å². The van der Waals surface area contributed by atoms with Crippen molar-refractivity contribution in [2.45, 2.75) is 6.54 Å². The van der Waals surface area contributed by atoms with Crippen molar-refractivity contribution in [3.63, 3.8) is 0 Å². The fraction of sp³-hybridized carbons (Fsp3) is 0.125. The van der Waals surface area contributed by atoms with Gasteiger partial charge in [-0.25, -0.2) is 4.68 Å². The van der Waals surface area contributed by atoms with Gasteiger partial charge in [-0.2, -0.15) is 14.9 Å². The van der Waals surface area contributed by atoms with Gasteiger partial charge in [-0.05, 0) is 34.2 Å². The molecule has 0 atom stereocenters. The van der Waals surface area contributed by atoms with Crippen LogP contribution in [0.5, 0.6) is 0 Å². The van der Waals surface area contributed by atoms with E-state index in [1.165, 1.54) is 17.2 Å². The number of hydrogen-bond acceptors (Lipinski definition) is 6. The van der Waals surface area contributed by atoms with Gasteiger partial charge in [-0.1, -0.05) is 12.1 Å². The Hall–Kier alpha value is -3.82. The molecule has 0 fully saturated rings. The Morgan fingerprint density at radius 1 is 1.27 bits per heavy atom. The van der Waals surface area contributed by atoms with Gasteiger partial charge < -0.3 is 4.90 Å². The van der Waals surface area contributed by atoms with Crippen molar-refractivity contribution < 1.29 is 4.79 Å². The molecule has 0 bridgehead atoms. The molecule has 4 aromatic rings. The second-order valence-electron chi connectivity index (χ2n) is 5.67. The topological polar surface area (TPSA) is 110 Å². The highest BCUT2D eigenvalue weighted by Gasteiger charge is 2.20. The number of hydrogen-bond donors (Lipinski definition) is 1. The molecule has 0 saturated heterocycles. The maximum absolute atomic E-state index is 12.8. The largest absolute Gasteiger partial charge is 0.337 e. The maximum atomic E-state index is 12.8. The van der Waals surface area contributed by atoms with Gasteiger partial charge in [-0.15, -0.1) is 5.10 Å². The van der Waals surface area contributed by atoms with Crippen molar-refractivity contribution in [2.75, 3.05) is 7.05 Å². The first-order valence-corrected chi connectivity index (χ1v) is 7.83. The van der Waals surface area contributed by atoms with Gasteiger partial charge in [0.2, 0.25) is 0 Å². The summed E-state index contributed by atoms with van der Waals surface area (Å²) < 4.78 is 3.14. The van der Waals surface area contributed by atoms with Crippen molar-refractivity contribution in [1.29, 1.82) is 0 Å². The third kappa shape index (κ3) is 2.95. The molecular weight excluding hydrogens is 334 g/mol. The summed E-state index contributed by atoms with van der Waals surface area (Å²) in [6.45, 7) is 0.439. The fourth-order valence-electron chi connectivity index (χ4n) is 2.64. The summed E-state index contributed by atoms with van der Waals surface area (Å²) >= 11 is 0. The lowest BCUT2D eigenvalue weighted by atomic mass is 10.2. The van der Waals surface area contributed by atoms with Crippen molar-refractivity contribution in [3.05, 3.63) is 66.4 Å². The van der Waals surface area contributed by atoms with Crippen LogP contribution in [0.15, 0.2) is 55.2 Å². The molecule has 4 rings (SSSR count). The number of aromatic nitrogens is 8. The predicted molar refractivity (Wildman–Crippen MR) is 90.7 cm³/mol. The number of benzene rings is 1. The minimum atomic E-state index is -0.186. The average Bonchev–Trinajstić information content (AvgIpc) is 3.43. The van der Waals surface area contributed by atoms with Crippen LogP contribution in [-0.4, -0.2) is 58.0 Å². The van der Waals surface area contributed by atoms with Gasteiger partial charge >= 0.3 is 0 Å². The van der Waals surface area contributed by atoms with E-state index in [9.17, 15) is 4.79 Å². The monoisotopic (exact) mass is 349 g/mol. The number of H-pyrrole nitrogens is 1. The Morgan fingerprint density at radius 3 is 2.96 bits per heavy atom. The van der Waals surface area contributed by atoms with Crippen LogP contribution in [0.25, 0.3) is 11.5 Å². The highest BCUT2D eigenvalue weighted by molar-refractivity contribution is 5.96. The Kier molecular flexibility index (Phi) is 3.98. The number of carbonyl (C=O) groups is 1. The second kappa shape index (κ2) is 6.59. The molecule has 0 spiro atoms. The van der Waals surface area contributed by atoms with E-state index in [-0.39, 0.29) is 5.91 Å². The number of amides is 1. The third-order valence-corrected chi connectivity index (χ3v) is 3.87. The van der Waals surface area contributed by atoms with E-state index >= 15 is 0 Å². The molecular formula is C16H15N9O. The minimum absolute atomic E-state index is 0.186. The minimum Gasteiger partial charge on any atom is -0.337 e. The molecule has 0 unspecified atom stereocenters. The second-order valence-corrected chi connectivity index (χ2v) is 5.67. The number of rotatable bonds is 5. The predicted octanol–water partition coefficient (Wildman–Crippen LogP) is 0.843. The van der Waals surface area contributed by atoms with Crippen LogP contribution in [-0.2, 0) is 6.54 Å². The standard InChI is InChI=1S/C16H15N9O/c1-23(10-12-4-2-5-13(8-12)24-7-3-6-19-24)16(26)14-9-17-20-15(14)25-11-18-21-22-25/h2-9,11H,10H2,1H3,(H,17,20). The highest BCUT2D eigenvalue weighted by Crippen LogP contribution is 2.15. The average molecular weight is 349 g/mol. The molecule has 26 heavy (non-hydrogen) atoms. The van der Waals surface area contributed by atoms with Crippen LogP contribution in [0, 0.1) is 0 Å². The molecule has 1 aromatic carbocycles. The van der Waals surface area contributed by atoms with Gasteiger partial charge in [0.15, 0.2) is 5.82 Å². The van der Waals surface area contributed by atoms with Crippen LogP contribution in [0.3, 0.4) is 0 Å². The zero-order valence-electron chi connectivity index (χ0n) is 13.9. The molecule has 3 aromatic heterocycles. The van der Waals surface area contributed by atoms with E-state index in [0.29, 0.717) is 17.9 Å². The van der Waals surface area contributed by atoms with Gasteiger partial charge in [0, 0.05) is 26.0 Å². The quantitative estimate of drug-likeness (QED) is 0.572. The van der Waals surface area contributed by atoms with E-state index in [1.807, 2.05) is 36.5 Å². The van der Waals surface area contributed by atoms with Crippen LogP contribution in [0.4, 0.5) is 0 Å². The number of nitrogens with one attached hydrogen (secondary N) is 1. The van der Waals surface area contributed by atoms with E-state index in [1.54, 1.807) is 22.8 Å². The zero-order valence-corrected chi connectivity index (χ0v) is 13.9. The van der Waals surface area contributed by atoms with Crippen molar-refractivity contribution in [2.24, 2.45) is 0 Å². The molecule has 0 aliphatic rings. The van der Waals surface area contributed by atoms with Crippen molar-refractivity contribution in [3.8, 4) is 11.5 Å². The number of tetrazole rings is 1. The summed E-state index contributed by atoms with van der Waals surface area (Å²) in [6.07, 6.45) is 6.47. The molecule has 0 aliphatic heterocycles. The molecule has 0 radical (unpaired) electrons. The Labute approximate surface area is 148 Å². The van der Waals surface area contributed by atoms with Crippen LogP contribution >= 0.6 is 0 Å². The first-order chi connectivity index (χ1) is 12.7. The molecule has 0 saturated carbocycles. The third-order valence-electron chi connectivity index (χ3n) is 3.87. The Balaban J connectivity index is 1.54. The van der Waals surface area contributed by atoms with E-state index < -0.39 is 0 Å². The molecule has 1 amide bonds. The summed E-state index contributed by atoms with van der Waals surface area (Å²) in [7, 11) is 1.74. The Morgan fingerprint density at radius 2 is 2.19 bits per heavy atom. The summed E-state index contributed by atoms with van der Waals surface area (Å²) in [4.78, 5) is 14.4. The lowest BCUT2D eigenvalue weighted by Gasteiger charge is -2.17. The smallest absolute Gasteiger partial charge is 0.259 e. The zero-order chi connectivity index (χ0) is 17.9. The molecule has 10 heteroatoms. The summed E-state index contributed by atoms with van der Waals surface area (Å²) in [5.41, 5.74) is 2.32. The van der Waals surface area contributed by atoms with Gasteiger partial charge in [0.1, 0.15) is 11.9 Å². The highest BCUT2D eigenvalue weighted by atomic mass is 16.2. The van der Waals surface area contributed by atoms with Gasteiger partial charge in [0.25, 0.3) is 5.91 Å². The van der Waals surface area contributed by atoms with E-state index in [2.05, 4.69) is 30.8 Å². The molecule has 3 heterocycles. The Bertz CT molecular complexity index is 1000. The normalized spacial score (nSPS) is 10.8. The van der Waals surface area contributed by atoms with E-state index in [0.717, 1.165) is 11.3 Å². The van der Waals surface area contributed by atoms with Gasteiger partial charge in [-0.3, -0.25) is 9.89 Å². The maximum Gasteiger partial charge on any atom is 0.259 e. The molecule has 10 nitrogen and oxygen atoms in total. The van der Waals surface area contributed by atoms with E-state index in [4.69, 9.17) is 0 Å². The lowest BCUT2D eigenvalue weighted by Crippen LogP contribution is -2.27. The number of aromatic amines is 1. The van der Waals surface area contributed by atoms with Crippen LogP contribution in [0.2, 0.25) is 0 Å².